The number of nitrogens with zero attached hydrogens (tertiary/aromatic N) is 2. The third-order valence-electron chi connectivity index (χ3n) is 6.03. The lowest BCUT2D eigenvalue weighted by Crippen LogP contribution is -2.37. The molecule has 2 aliphatic rings. The van der Waals surface area contributed by atoms with Gasteiger partial charge in [-0.05, 0) is 55.2 Å². The van der Waals surface area contributed by atoms with Crippen LogP contribution in [0.5, 0.6) is 0 Å². The van der Waals surface area contributed by atoms with Gasteiger partial charge >= 0.3 is 0 Å². The summed E-state index contributed by atoms with van der Waals surface area (Å²) in [4.78, 5) is 10.2. The van der Waals surface area contributed by atoms with Crippen molar-refractivity contribution in [3.63, 3.8) is 0 Å². The van der Waals surface area contributed by atoms with E-state index >= 15 is 0 Å². The molecule has 1 aliphatic carbocycles. The number of allylic oxidation sites excluding steroid dienone is 1. The Morgan fingerprint density at radius 2 is 1.52 bits per heavy atom. The van der Waals surface area contributed by atoms with Crippen molar-refractivity contribution in [2.45, 2.75) is 26.3 Å². The van der Waals surface area contributed by atoms with Gasteiger partial charge in [0.1, 0.15) is 5.54 Å². The van der Waals surface area contributed by atoms with Crippen LogP contribution in [0.2, 0.25) is 0 Å². The van der Waals surface area contributed by atoms with E-state index in [0.717, 1.165) is 17.1 Å². The topological polar surface area (TPSA) is 25.2 Å². The van der Waals surface area contributed by atoms with Crippen LogP contribution in [0.3, 0.4) is 0 Å². The summed E-state index contributed by atoms with van der Waals surface area (Å²) in [5, 5.41) is 0. The van der Waals surface area contributed by atoms with Crippen molar-refractivity contribution < 1.29 is 0 Å². The van der Waals surface area contributed by atoms with Crippen LogP contribution < -0.4 is 0 Å². The molecule has 1 aromatic heterocycles. The maximum atomic E-state index is 5.16. The molecule has 5 rings (SSSR count). The summed E-state index contributed by atoms with van der Waals surface area (Å²) in [6.07, 6.45) is 6.80. The summed E-state index contributed by atoms with van der Waals surface area (Å²) in [7, 11) is 0. The maximum absolute atomic E-state index is 5.16. The van der Waals surface area contributed by atoms with E-state index in [0.29, 0.717) is 0 Å². The Balaban J connectivity index is 1.73. The van der Waals surface area contributed by atoms with Crippen molar-refractivity contribution in [2.75, 3.05) is 0 Å². The van der Waals surface area contributed by atoms with Crippen LogP contribution in [0, 0.1) is 12.8 Å². The average Bonchev–Trinajstić information content (AvgIpc) is 2.74. The summed E-state index contributed by atoms with van der Waals surface area (Å²) in [6, 6.07) is 23.4. The lowest BCUT2D eigenvalue weighted by Gasteiger charge is -2.41. The third-order valence-corrected chi connectivity index (χ3v) is 6.03. The van der Waals surface area contributed by atoms with Crippen LogP contribution in [0.25, 0.3) is 22.8 Å². The molecular formula is C27H24N2. The first kappa shape index (κ1) is 17.8. The predicted octanol–water partition coefficient (Wildman–Crippen LogP) is 6.47. The van der Waals surface area contributed by atoms with Gasteiger partial charge in [-0.3, -0.25) is 9.98 Å². The average molecular weight is 377 g/mol. The molecule has 142 valence electrons. The molecule has 2 heterocycles. The molecule has 0 spiro atoms. The monoisotopic (exact) mass is 376 g/mol. The van der Waals surface area contributed by atoms with Crippen LogP contribution in [0.4, 0.5) is 0 Å². The molecule has 2 heteroatoms. The van der Waals surface area contributed by atoms with Crippen molar-refractivity contribution in [3.05, 3.63) is 101 Å². The minimum Gasteiger partial charge on any atom is -0.276 e. The minimum atomic E-state index is -0.413. The second kappa shape index (κ2) is 6.66. The second-order valence-electron chi connectivity index (χ2n) is 8.14. The highest BCUT2D eigenvalue weighted by Crippen LogP contribution is 2.50. The van der Waals surface area contributed by atoms with E-state index in [2.05, 4.69) is 106 Å². The first-order chi connectivity index (χ1) is 14.1. The number of dihydropyridines is 1. The van der Waals surface area contributed by atoms with E-state index in [1.807, 2.05) is 0 Å². The molecular weight excluding hydrogens is 352 g/mol. The Hall–Kier alpha value is -3.26. The number of benzene rings is 2. The van der Waals surface area contributed by atoms with Gasteiger partial charge < -0.3 is 0 Å². The Morgan fingerprint density at radius 1 is 0.862 bits per heavy atom. The maximum Gasteiger partial charge on any atom is 0.111 e. The summed E-state index contributed by atoms with van der Waals surface area (Å²) in [5.74, 6) is 0.166. The van der Waals surface area contributed by atoms with Gasteiger partial charge in [0, 0.05) is 22.9 Å². The highest BCUT2D eigenvalue weighted by Gasteiger charge is 2.44. The van der Waals surface area contributed by atoms with E-state index in [4.69, 9.17) is 9.98 Å². The standard InChI is InChI=1S/C27H24N2/c1-18-16-23(20-10-6-4-7-11-20)22-14-15-25-24(21-12-8-5-9-13-21)17-19(2)29-27(25,3)26(22)28-18/h4-17,25H,1-3H3. The molecule has 0 saturated heterocycles. The van der Waals surface area contributed by atoms with Crippen LogP contribution >= 0.6 is 0 Å². The number of hydrogen-bond acceptors (Lipinski definition) is 2. The Kier molecular flexibility index (Phi) is 4.09. The number of rotatable bonds is 2. The summed E-state index contributed by atoms with van der Waals surface area (Å²) < 4.78 is 0. The fourth-order valence-electron chi connectivity index (χ4n) is 4.76. The van der Waals surface area contributed by atoms with E-state index < -0.39 is 5.54 Å². The third kappa shape index (κ3) is 2.87. The quantitative estimate of drug-likeness (QED) is 0.503. The van der Waals surface area contributed by atoms with Crippen LogP contribution in [-0.4, -0.2) is 10.7 Å². The fourth-order valence-corrected chi connectivity index (χ4v) is 4.76. The van der Waals surface area contributed by atoms with Crippen LogP contribution in [0.1, 0.15) is 36.4 Å². The van der Waals surface area contributed by atoms with E-state index in [1.165, 1.54) is 27.8 Å². The van der Waals surface area contributed by atoms with Gasteiger partial charge in [-0.15, -0.1) is 0 Å². The molecule has 3 aromatic rings. The Labute approximate surface area is 172 Å². The first-order valence-corrected chi connectivity index (χ1v) is 10.2. The number of fused-ring (bicyclic) bond motifs is 3. The van der Waals surface area contributed by atoms with Crippen LogP contribution in [-0.2, 0) is 5.54 Å². The SMILES string of the molecule is CC1=NC2(C)c3nc(C)cc(-c4ccccc4)c3C=CC2C(c2ccccc2)=C1. The zero-order valence-electron chi connectivity index (χ0n) is 17.1. The number of hydrogen-bond donors (Lipinski definition) is 0. The van der Waals surface area contributed by atoms with Crippen molar-refractivity contribution in [1.82, 2.24) is 4.98 Å². The number of aryl methyl sites for hydroxylation is 1. The molecule has 2 unspecified atom stereocenters. The van der Waals surface area contributed by atoms with Gasteiger partial charge in [-0.25, -0.2) is 0 Å². The van der Waals surface area contributed by atoms with Crippen LogP contribution in [0.15, 0.2) is 83.9 Å². The molecule has 0 radical (unpaired) electrons. The minimum absolute atomic E-state index is 0.166. The molecule has 0 saturated carbocycles. The van der Waals surface area contributed by atoms with Crippen molar-refractivity contribution >= 4 is 17.4 Å². The number of aromatic nitrogens is 1. The lowest BCUT2D eigenvalue weighted by atomic mass is 9.69. The molecule has 0 bridgehead atoms. The summed E-state index contributed by atoms with van der Waals surface area (Å²) in [5.41, 5.74) is 8.94. The summed E-state index contributed by atoms with van der Waals surface area (Å²) >= 11 is 0. The lowest BCUT2D eigenvalue weighted by molar-refractivity contribution is 0.410. The molecule has 0 amide bonds. The Bertz CT molecular complexity index is 1170. The number of pyridine rings is 1. The van der Waals surface area contributed by atoms with Crippen molar-refractivity contribution in [3.8, 4) is 11.1 Å². The molecule has 0 fully saturated rings. The molecule has 1 aliphatic heterocycles. The van der Waals surface area contributed by atoms with Gasteiger partial charge in [0.15, 0.2) is 0 Å². The highest BCUT2D eigenvalue weighted by molar-refractivity contribution is 6.02. The smallest absolute Gasteiger partial charge is 0.111 e. The zero-order valence-corrected chi connectivity index (χ0v) is 17.1. The first-order valence-electron chi connectivity index (χ1n) is 10.2. The van der Waals surface area contributed by atoms with Crippen molar-refractivity contribution in [1.29, 1.82) is 0 Å². The zero-order chi connectivity index (χ0) is 20.0. The molecule has 2 aromatic carbocycles. The number of aliphatic imine (C=N–C) groups is 1. The van der Waals surface area contributed by atoms with Gasteiger partial charge in [-0.2, -0.15) is 0 Å². The van der Waals surface area contributed by atoms with Gasteiger partial charge in [0.2, 0.25) is 0 Å². The molecule has 2 atom stereocenters. The largest absolute Gasteiger partial charge is 0.276 e. The second-order valence-corrected chi connectivity index (χ2v) is 8.14. The normalized spacial score (nSPS) is 22.4. The van der Waals surface area contributed by atoms with E-state index in [-0.39, 0.29) is 5.92 Å². The molecule has 0 N–H and O–H groups in total. The highest BCUT2D eigenvalue weighted by atomic mass is 14.9. The van der Waals surface area contributed by atoms with Gasteiger partial charge in [0.05, 0.1) is 5.69 Å². The summed E-state index contributed by atoms with van der Waals surface area (Å²) in [6.45, 7) is 6.41. The van der Waals surface area contributed by atoms with Gasteiger partial charge in [-0.1, -0.05) is 72.8 Å². The van der Waals surface area contributed by atoms with Gasteiger partial charge in [0.25, 0.3) is 0 Å². The predicted molar refractivity (Wildman–Crippen MR) is 122 cm³/mol. The Morgan fingerprint density at radius 3 is 2.21 bits per heavy atom. The molecule has 2 nitrogen and oxygen atoms in total. The van der Waals surface area contributed by atoms with Crippen molar-refractivity contribution in [2.24, 2.45) is 10.9 Å². The fraction of sp³-hybridized carbons (Fsp3) is 0.185. The van der Waals surface area contributed by atoms with E-state index in [1.54, 1.807) is 0 Å². The molecule has 29 heavy (non-hydrogen) atoms. The van der Waals surface area contributed by atoms with E-state index in [9.17, 15) is 0 Å².